The van der Waals surface area contributed by atoms with Crippen molar-refractivity contribution in [3.8, 4) is 0 Å². The summed E-state index contributed by atoms with van der Waals surface area (Å²) in [6.45, 7) is 2.38. The lowest BCUT2D eigenvalue weighted by Gasteiger charge is -2.34. The molecule has 2 aliphatic heterocycles. The molecule has 2 aliphatic rings. The van der Waals surface area contributed by atoms with Gasteiger partial charge in [0.1, 0.15) is 0 Å². The summed E-state index contributed by atoms with van der Waals surface area (Å²) >= 11 is 0. The number of aliphatic hydroxyl groups is 1. The fourth-order valence-electron chi connectivity index (χ4n) is 2.37. The molecule has 3 heteroatoms. The minimum atomic E-state index is -0.310. The molecule has 0 bridgehead atoms. The van der Waals surface area contributed by atoms with Crippen molar-refractivity contribution >= 4 is 0 Å². The quantitative estimate of drug-likeness (QED) is 0.731. The van der Waals surface area contributed by atoms with Crippen LogP contribution in [0, 0.1) is 5.92 Å². The van der Waals surface area contributed by atoms with Crippen molar-refractivity contribution in [3.05, 3.63) is 0 Å². The third-order valence-electron chi connectivity index (χ3n) is 3.27. The van der Waals surface area contributed by atoms with Crippen molar-refractivity contribution in [3.63, 3.8) is 0 Å². The highest BCUT2D eigenvalue weighted by molar-refractivity contribution is 4.80. The van der Waals surface area contributed by atoms with Gasteiger partial charge in [-0.25, -0.2) is 0 Å². The van der Waals surface area contributed by atoms with Crippen molar-refractivity contribution < 1.29 is 14.6 Å². The molecule has 2 rings (SSSR count). The zero-order chi connectivity index (χ0) is 9.80. The molecular weight excluding hydrogens is 180 g/mol. The second-order valence-electron chi connectivity index (χ2n) is 4.37. The minimum absolute atomic E-state index is 0.0652. The first-order valence-electron chi connectivity index (χ1n) is 5.75. The molecule has 2 fully saturated rings. The summed E-state index contributed by atoms with van der Waals surface area (Å²) in [7, 11) is 0. The Kier molecular flexibility index (Phi) is 3.79. The smallest absolute Gasteiger partial charge is 0.0851 e. The molecule has 2 heterocycles. The molecule has 2 saturated heterocycles. The van der Waals surface area contributed by atoms with Gasteiger partial charge in [-0.3, -0.25) is 0 Å². The van der Waals surface area contributed by atoms with Crippen molar-refractivity contribution in [1.82, 2.24) is 0 Å². The maximum Gasteiger partial charge on any atom is 0.0851 e. The number of rotatable bonds is 2. The highest BCUT2D eigenvalue weighted by Gasteiger charge is 2.30. The Balaban J connectivity index is 1.82. The summed E-state index contributed by atoms with van der Waals surface area (Å²) in [5.41, 5.74) is 0. The minimum Gasteiger partial charge on any atom is -0.390 e. The zero-order valence-corrected chi connectivity index (χ0v) is 8.65. The van der Waals surface area contributed by atoms with Crippen LogP contribution in [0.5, 0.6) is 0 Å². The van der Waals surface area contributed by atoms with Crippen LogP contribution in [0.3, 0.4) is 0 Å². The van der Waals surface area contributed by atoms with E-state index in [4.69, 9.17) is 9.47 Å². The predicted molar refractivity (Wildman–Crippen MR) is 53.1 cm³/mol. The van der Waals surface area contributed by atoms with E-state index in [1.807, 2.05) is 0 Å². The van der Waals surface area contributed by atoms with Gasteiger partial charge in [-0.1, -0.05) is 0 Å². The third kappa shape index (κ3) is 2.47. The summed E-state index contributed by atoms with van der Waals surface area (Å²) in [5, 5.41) is 10.1. The molecule has 0 aromatic carbocycles. The fourth-order valence-corrected chi connectivity index (χ4v) is 2.37. The fraction of sp³-hybridized carbons (Fsp3) is 1.00. The van der Waals surface area contributed by atoms with Gasteiger partial charge in [-0.15, -0.1) is 0 Å². The van der Waals surface area contributed by atoms with Crippen LogP contribution < -0.4 is 0 Å². The van der Waals surface area contributed by atoms with Crippen LogP contribution in [0.25, 0.3) is 0 Å². The molecule has 0 aromatic heterocycles. The number of hydrogen-bond acceptors (Lipinski definition) is 3. The van der Waals surface area contributed by atoms with Gasteiger partial charge in [0, 0.05) is 19.1 Å². The highest BCUT2D eigenvalue weighted by Crippen LogP contribution is 2.25. The summed E-state index contributed by atoms with van der Waals surface area (Å²) in [4.78, 5) is 0. The molecule has 1 N–H and O–H groups in total. The van der Waals surface area contributed by atoms with Crippen LogP contribution >= 0.6 is 0 Å². The monoisotopic (exact) mass is 200 g/mol. The van der Waals surface area contributed by atoms with E-state index in [-0.39, 0.29) is 12.2 Å². The molecule has 3 nitrogen and oxygen atoms in total. The molecule has 14 heavy (non-hydrogen) atoms. The Bertz CT molecular complexity index is 142. The molecule has 0 saturated carbocycles. The van der Waals surface area contributed by atoms with Crippen molar-refractivity contribution in [2.75, 3.05) is 19.8 Å². The van der Waals surface area contributed by atoms with Gasteiger partial charge in [0.15, 0.2) is 0 Å². The number of hydrogen-bond donors (Lipinski definition) is 1. The maximum atomic E-state index is 10.1. The van der Waals surface area contributed by atoms with Crippen LogP contribution in [0.15, 0.2) is 0 Å². The molecule has 82 valence electrons. The van der Waals surface area contributed by atoms with Gasteiger partial charge in [0.2, 0.25) is 0 Å². The molecule has 0 aromatic rings. The van der Waals surface area contributed by atoms with Crippen LogP contribution in [-0.2, 0) is 9.47 Å². The Hall–Kier alpha value is -0.120. The van der Waals surface area contributed by atoms with E-state index in [0.717, 1.165) is 38.9 Å². The Morgan fingerprint density at radius 2 is 2.00 bits per heavy atom. The lowest BCUT2D eigenvalue weighted by atomic mass is 9.89. The van der Waals surface area contributed by atoms with Gasteiger partial charge < -0.3 is 14.6 Å². The summed E-state index contributed by atoms with van der Waals surface area (Å²) < 4.78 is 11.0. The first kappa shape index (κ1) is 10.4. The lowest BCUT2D eigenvalue weighted by molar-refractivity contribution is -0.106. The highest BCUT2D eigenvalue weighted by atomic mass is 16.5. The van der Waals surface area contributed by atoms with Gasteiger partial charge >= 0.3 is 0 Å². The lowest BCUT2D eigenvalue weighted by Crippen LogP contribution is -2.41. The molecule has 0 amide bonds. The van der Waals surface area contributed by atoms with Crippen molar-refractivity contribution in [2.24, 2.45) is 5.92 Å². The van der Waals surface area contributed by atoms with Crippen molar-refractivity contribution in [2.45, 2.75) is 44.3 Å². The van der Waals surface area contributed by atoms with Crippen LogP contribution in [-0.4, -0.2) is 37.1 Å². The Labute approximate surface area is 85.4 Å². The third-order valence-corrected chi connectivity index (χ3v) is 3.27. The SMILES string of the molecule is OC(C1CCCOC1)C1CCCCO1. The normalized spacial score (nSPS) is 36.6. The van der Waals surface area contributed by atoms with Gasteiger partial charge in [-0.05, 0) is 32.1 Å². The Morgan fingerprint density at radius 1 is 1.07 bits per heavy atom. The van der Waals surface area contributed by atoms with Crippen LogP contribution in [0.1, 0.15) is 32.1 Å². The van der Waals surface area contributed by atoms with E-state index < -0.39 is 0 Å². The van der Waals surface area contributed by atoms with E-state index in [1.54, 1.807) is 0 Å². The first-order chi connectivity index (χ1) is 6.88. The van der Waals surface area contributed by atoms with Crippen LogP contribution in [0.2, 0.25) is 0 Å². The van der Waals surface area contributed by atoms with Crippen LogP contribution in [0.4, 0.5) is 0 Å². The van der Waals surface area contributed by atoms with E-state index in [1.165, 1.54) is 6.42 Å². The zero-order valence-electron chi connectivity index (χ0n) is 8.65. The van der Waals surface area contributed by atoms with Gasteiger partial charge in [-0.2, -0.15) is 0 Å². The average Bonchev–Trinajstić information content (AvgIpc) is 2.30. The van der Waals surface area contributed by atoms with E-state index in [0.29, 0.717) is 12.5 Å². The first-order valence-corrected chi connectivity index (χ1v) is 5.75. The summed E-state index contributed by atoms with van der Waals surface area (Å²) in [6.07, 6.45) is 5.26. The Morgan fingerprint density at radius 3 is 2.64 bits per heavy atom. The molecule has 0 radical (unpaired) electrons. The summed E-state index contributed by atoms with van der Waals surface area (Å²) in [6, 6.07) is 0. The maximum absolute atomic E-state index is 10.1. The second kappa shape index (κ2) is 5.10. The summed E-state index contributed by atoms with van der Waals surface area (Å²) in [5.74, 6) is 0.298. The topological polar surface area (TPSA) is 38.7 Å². The number of aliphatic hydroxyl groups excluding tert-OH is 1. The molecule has 3 unspecified atom stereocenters. The molecule has 3 atom stereocenters. The molecule has 0 spiro atoms. The standard InChI is InChI=1S/C11H20O3/c12-11(9-4-3-6-13-8-9)10-5-1-2-7-14-10/h9-12H,1-8H2. The van der Waals surface area contributed by atoms with E-state index in [9.17, 15) is 5.11 Å². The van der Waals surface area contributed by atoms with Gasteiger partial charge in [0.25, 0.3) is 0 Å². The van der Waals surface area contributed by atoms with E-state index >= 15 is 0 Å². The predicted octanol–water partition coefficient (Wildman–Crippen LogP) is 1.34. The van der Waals surface area contributed by atoms with Crippen molar-refractivity contribution in [1.29, 1.82) is 0 Å². The second-order valence-corrected chi connectivity index (χ2v) is 4.37. The molecule has 0 aliphatic carbocycles. The number of ether oxygens (including phenoxy) is 2. The molecular formula is C11H20O3. The van der Waals surface area contributed by atoms with Gasteiger partial charge in [0.05, 0.1) is 18.8 Å². The van der Waals surface area contributed by atoms with E-state index in [2.05, 4.69) is 0 Å². The largest absolute Gasteiger partial charge is 0.390 e. The average molecular weight is 200 g/mol.